The molecule has 0 aromatic heterocycles. The summed E-state index contributed by atoms with van der Waals surface area (Å²) in [7, 11) is -3.88. The highest BCUT2D eigenvalue weighted by Crippen LogP contribution is 2.22. The molecule has 30 heavy (non-hydrogen) atoms. The number of amides is 2. The van der Waals surface area contributed by atoms with E-state index in [2.05, 4.69) is 5.32 Å². The number of non-ortho nitro benzene ring substituents is 1. The maximum Gasteiger partial charge on any atom is 0.317 e. The van der Waals surface area contributed by atoms with Gasteiger partial charge >= 0.3 is 6.03 Å². The molecule has 9 nitrogen and oxygen atoms in total. The minimum atomic E-state index is -3.88. The second kappa shape index (κ2) is 9.18. The Balaban J connectivity index is 1.52. The lowest BCUT2D eigenvalue weighted by Crippen LogP contribution is -2.53. The molecule has 0 spiro atoms. The number of hydrogen-bond acceptors (Lipinski definition) is 5. The molecule has 0 aliphatic carbocycles. The second-order valence-electron chi connectivity index (χ2n) is 6.75. The number of piperazine rings is 1. The van der Waals surface area contributed by atoms with Crippen molar-refractivity contribution in [2.75, 3.05) is 32.7 Å². The molecule has 3 rings (SSSR count). The van der Waals surface area contributed by atoms with Crippen molar-refractivity contribution in [1.29, 1.82) is 0 Å². The second-order valence-corrected chi connectivity index (χ2v) is 8.69. The third kappa shape index (κ3) is 5.10. The molecule has 0 atom stereocenters. The highest BCUT2D eigenvalue weighted by Gasteiger charge is 2.30. The van der Waals surface area contributed by atoms with Gasteiger partial charge in [0.25, 0.3) is 5.69 Å². The SMILES string of the molecule is O=C(NCCc1ccc(F)cc1)N1CCN(S(=O)(=O)c2cccc([N+](=O)[O-])c2)CC1. The van der Waals surface area contributed by atoms with Gasteiger partial charge in [0.15, 0.2) is 0 Å². The normalized spacial score (nSPS) is 15.0. The van der Waals surface area contributed by atoms with Crippen molar-refractivity contribution >= 4 is 21.7 Å². The van der Waals surface area contributed by atoms with E-state index in [1.807, 2.05) is 0 Å². The first kappa shape index (κ1) is 21.7. The molecular formula is C19H21FN4O5S. The van der Waals surface area contributed by atoms with Gasteiger partial charge in [-0.2, -0.15) is 4.31 Å². The van der Waals surface area contributed by atoms with E-state index in [0.717, 1.165) is 11.6 Å². The topological polar surface area (TPSA) is 113 Å². The number of urea groups is 1. The quantitative estimate of drug-likeness (QED) is 0.550. The van der Waals surface area contributed by atoms with Crippen LogP contribution in [0.25, 0.3) is 0 Å². The van der Waals surface area contributed by atoms with Crippen molar-refractivity contribution in [2.45, 2.75) is 11.3 Å². The molecule has 1 aliphatic heterocycles. The summed E-state index contributed by atoms with van der Waals surface area (Å²) in [5, 5.41) is 13.7. The molecule has 1 heterocycles. The summed E-state index contributed by atoms with van der Waals surface area (Å²) in [6, 6.07) is 10.6. The van der Waals surface area contributed by atoms with Crippen LogP contribution in [-0.2, 0) is 16.4 Å². The van der Waals surface area contributed by atoms with Gasteiger partial charge in [-0.1, -0.05) is 18.2 Å². The number of rotatable bonds is 6. The molecule has 0 bridgehead atoms. The third-order valence-corrected chi connectivity index (χ3v) is 6.69. The Morgan fingerprint density at radius 1 is 1.10 bits per heavy atom. The first-order valence-electron chi connectivity index (χ1n) is 9.29. The number of nitro benzene ring substituents is 1. The maximum atomic E-state index is 12.9. The highest BCUT2D eigenvalue weighted by molar-refractivity contribution is 7.89. The summed E-state index contributed by atoms with van der Waals surface area (Å²) in [6.45, 7) is 0.969. The van der Waals surface area contributed by atoms with E-state index in [1.54, 1.807) is 12.1 Å². The molecule has 2 aromatic rings. The van der Waals surface area contributed by atoms with E-state index in [-0.39, 0.29) is 48.6 Å². The lowest BCUT2D eigenvalue weighted by atomic mass is 10.1. The Labute approximate surface area is 173 Å². The van der Waals surface area contributed by atoms with Gasteiger partial charge in [0, 0.05) is 44.9 Å². The number of benzene rings is 2. The summed E-state index contributed by atoms with van der Waals surface area (Å²) in [5.41, 5.74) is 0.597. The smallest absolute Gasteiger partial charge is 0.317 e. The molecule has 1 aliphatic rings. The number of hydrogen-bond donors (Lipinski definition) is 1. The maximum absolute atomic E-state index is 12.9. The van der Waals surface area contributed by atoms with Crippen LogP contribution in [0, 0.1) is 15.9 Å². The van der Waals surface area contributed by atoms with Crippen molar-refractivity contribution in [3.8, 4) is 0 Å². The van der Waals surface area contributed by atoms with E-state index < -0.39 is 14.9 Å². The van der Waals surface area contributed by atoms with Gasteiger partial charge in [-0.15, -0.1) is 0 Å². The molecule has 1 fully saturated rings. The number of nitrogens with one attached hydrogen (secondary N) is 1. The first-order chi connectivity index (χ1) is 14.3. The number of carbonyl (C=O) groups excluding carboxylic acids is 1. The zero-order chi connectivity index (χ0) is 21.7. The van der Waals surface area contributed by atoms with Crippen LogP contribution < -0.4 is 5.32 Å². The molecular weight excluding hydrogens is 415 g/mol. The number of nitrogens with zero attached hydrogens (tertiary/aromatic N) is 3. The predicted molar refractivity (Wildman–Crippen MR) is 107 cm³/mol. The zero-order valence-corrected chi connectivity index (χ0v) is 16.8. The molecule has 1 saturated heterocycles. The van der Waals surface area contributed by atoms with Crippen LogP contribution in [0.5, 0.6) is 0 Å². The summed E-state index contributed by atoms with van der Waals surface area (Å²) in [6.07, 6.45) is 0.549. The van der Waals surface area contributed by atoms with Crippen LogP contribution in [0.15, 0.2) is 53.4 Å². The summed E-state index contributed by atoms with van der Waals surface area (Å²) >= 11 is 0. The Morgan fingerprint density at radius 3 is 2.40 bits per heavy atom. The van der Waals surface area contributed by atoms with Gasteiger partial charge in [0.2, 0.25) is 10.0 Å². The first-order valence-corrected chi connectivity index (χ1v) is 10.7. The van der Waals surface area contributed by atoms with Crippen molar-refractivity contribution in [1.82, 2.24) is 14.5 Å². The van der Waals surface area contributed by atoms with Crippen LogP contribution in [0.2, 0.25) is 0 Å². The van der Waals surface area contributed by atoms with Gasteiger partial charge in [0.1, 0.15) is 5.82 Å². The molecule has 160 valence electrons. The average Bonchev–Trinajstić information content (AvgIpc) is 2.75. The Hall–Kier alpha value is -3.05. The lowest BCUT2D eigenvalue weighted by molar-refractivity contribution is -0.385. The van der Waals surface area contributed by atoms with Gasteiger partial charge in [-0.05, 0) is 30.2 Å². The number of nitro groups is 1. The highest BCUT2D eigenvalue weighted by atomic mass is 32.2. The Kier molecular flexibility index (Phi) is 6.63. The van der Waals surface area contributed by atoms with Crippen LogP contribution in [-0.4, -0.2) is 61.3 Å². The average molecular weight is 436 g/mol. The lowest BCUT2D eigenvalue weighted by Gasteiger charge is -2.34. The Morgan fingerprint density at radius 2 is 1.77 bits per heavy atom. The fourth-order valence-electron chi connectivity index (χ4n) is 3.11. The number of sulfonamides is 1. The fourth-order valence-corrected chi connectivity index (χ4v) is 4.58. The minimum Gasteiger partial charge on any atom is -0.338 e. The van der Waals surface area contributed by atoms with Crippen LogP contribution in [0.4, 0.5) is 14.9 Å². The van der Waals surface area contributed by atoms with E-state index in [0.29, 0.717) is 13.0 Å². The largest absolute Gasteiger partial charge is 0.338 e. The van der Waals surface area contributed by atoms with Crippen molar-refractivity contribution < 1.29 is 22.5 Å². The molecule has 1 N–H and O–H groups in total. The third-order valence-electron chi connectivity index (χ3n) is 4.80. The van der Waals surface area contributed by atoms with Gasteiger partial charge < -0.3 is 10.2 Å². The molecule has 0 saturated carbocycles. The van der Waals surface area contributed by atoms with Crippen molar-refractivity contribution in [2.24, 2.45) is 0 Å². The molecule has 11 heteroatoms. The molecule has 2 amide bonds. The molecule has 0 unspecified atom stereocenters. The van der Waals surface area contributed by atoms with Gasteiger partial charge in [-0.25, -0.2) is 17.6 Å². The van der Waals surface area contributed by atoms with Crippen LogP contribution in [0.3, 0.4) is 0 Å². The standard InChI is InChI=1S/C19H21FN4O5S/c20-16-6-4-15(5-7-16)8-9-21-19(25)22-10-12-23(13-11-22)30(28,29)18-3-1-2-17(14-18)24(26)27/h1-7,14H,8-13H2,(H,21,25). The molecule has 0 radical (unpaired) electrons. The molecule has 2 aromatic carbocycles. The fraction of sp³-hybridized carbons (Fsp3) is 0.316. The zero-order valence-electron chi connectivity index (χ0n) is 16.0. The van der Waals surface area contributed by atoms with Gasteiger partial charge in [-0.3, -0.25) is 10.1 Å². The van der Waals surface area contributed by atoms with Crippen LogP contribution in [0.1, 0.15) is 5.56 Å². The monoisotopic (exact) mass is 436 g/mol. The Bertz CT molecular complexity index is 1020. The number of halogens is 1. The van der Waals surface area contributed by atoms with Gasteiger partial charge in [0.05, 0.1) is 9.82 Å². The van der Waals surface area contributed by atoms with E-state index in [1.165, 1.54) is 39.5 Å². The summed E-state index contributed by atoms with van der Waals surface area (Å²) in [4.78, 5) is 23.9. The predicted octanol–water partition coefficient (Wildman–Crippen LogP) is 1.99. The van der Waals surface area contributed by atoms with Crippen molar-refractivity contribution in [3.05, 3.63) is 70.0 Å². The van der Waals surface area contributed by atoms with Crippen molar-refractivity contribution in [3.63, 3.8) is 0 Å². The summed E-state index contributed by atoms with van der Waals surface area (Å²) < 4.78 is 39.6. The van der Waals surface area contributed by atoms with E-state index in [9.17, 15) is 27.7 Å². The number of carbonyl (C=O) groups is 1. The van der Waals surface area contributed by atoms with E-state index >= 15 is 0 Å². The van der Waals surface area contributed by atoms with E-state index in [4.69, 9.17) is 0 Å². The summed E-state index contributed by atoms with van der Waals surface area (Å²) in [5.74, 6) is -0.319. The van der Waals surface area contributed by atoms with Crippen LogP contribution >= 0.6 is 0 Å². The minimum absolute atomic E-state index is 0.0937.